The van der Waals surface area contributed by atoms with Gasteiger partial charge >= 0.3 is 0 Å². The molecule has 6 heteroatoms. The molecule has 29 heavy (non-hydrogen) atoms. The molecule has 3 amide bonds. The highest BCUT2D eigenvalue weighted by Gasteiger charge is 2.13. The van der Waals surface area contributed by atoms with Crippen molar-refractivity contribution >= 4 is 29.5 Å². The van der Waals surface area contributed by atoms with Crippen molar-refractivity contribution in [2.75, 3.05) is 19.4 Å². The third kappa shape index (κ3) is 6.92. The van der Waals surface area contributed by atoms with Gasteiger partial charge in [-0.15, -0.1) is 0 Å². The topological polar surface area (TPSA) is 78.5 Å². The Hall–Kier alpha value is -3.41. The summed E-state index contributed by atoms with van der Waals surface area (Å²) in [6.45, 7) is 3.30. The van der Waals surface area contributed by atoms with E-state index in [9.17, 15) is 14.4 Å². The number of carbonyl (C=O) groups excluding carboxylic acids is 3. The van der Waals surface area contributed by atoms with Crippen LogP contribution in [0.2, 0.25) is 0 Å². The van der Waals surface area contributed by atoms with Crippen LogP contribution < -0.4 is 10.6 Å². The number of benzene rings is 2. The Labute approximate surface area is 171 Å². The quantitative estimate of drug-likeness (QED) is 0.710. The van der Waals surface area contributed by atoms with E-state index in [1.807, 2.05) is 49.4 Å². The van der Waals surface area contributed by atoms with Crippen molar-refractivity contribution in [2.45, 2.75) is 26.7 Å². The minimum absolute atomic E-state index is 0.0496. The largest absolute Gasteiger partial charge is 0.349 e. The van der Waals surface area contributed by atoms with E-state index in [0.717, 1.165) is 16.7 Å². The Morgan fingerprint density at radius 2 is 1.76 bits per heavy atom. The van der Waals surface area contributed by atoms with Crippen molar-refractivity contribution in [2.24, 2.45) is 0 Å². The normalized spacial score (nSPS) is 11.0. The van der Waals surface area contributed by atoms with E-state index in [4.69, 9.17) is 0 Å². The highest BCUT2D eigenvalue weighted by Crippen LogP contribution is 2.15. The van der Waals surface area contributed by atoms with E-state index < -0.39 is 5.91 Å². The third-order valence-electron chi connectivity index (χ3n) is 4.35. The Kier molecular flexibility index (Phi) is 7.71. The molecule has 0 saturated carbocycles. The second-order valence-electron chi connectivity index (χ2n) is 7.04. The predicted octanol–water partition coefficient (Wildman–Crippen LogP) is 3.13. The summed E-state index contributed by atoms with van der Waals surface area (Å²) >= 11 is 0. The summed E-state index contributed by atoms with van der Waals surface area (Å²) in [4.78, 5) is 37.7. The van der Waals surface area contributed by atoms with Crippen LogP contribution >= 0.6 is 0 Å². The molecule has 0 fully saturated rings. The molecular weight excluding hydrogens is 366 g/mol. The van der Waals surface area contributed by atoms with Gasteiger partial charge in [0.05, 0.1) is 0 Å². The number of carbonyl (C=O) groups is 3. The van der Waals surface area contributed by atoms with Gasteiger partial charge in [0.1, 0.15) is 5.70 Å². The van der Waals surface area contributed by atoms with Crippen LogP contribution in [0.25, 0.3) is 6.08 Å². The van der Waals surface area contributed by atoms with Gasteiger partial charge in [0.25, 0.3) is 5.91 Å². The van der Waals surface area contributed by atoms with Crippen LogP contribution in [0.3, 0.4) is 0 Å². The standard InChI is InChI=1S/C23H27N3O3/c1-16-8-5-6-10-19(16)15-21(24-17(2)27)23(29)25-20-11-7-9-18(14-20)12-13-22(28)26(3)4/h5-11,14-15H,12-13H2,1-4H3,(H,24,27)(H,25,29)/b21-15+. The number of anilines is 1. The van der Waals surface area contributed by atoms with E-state index in [2.05, 4.69) is 10.6 Å². The van der Waals surface area contributed by atoms with Gasteiger partial charge in [0.2, 0.25) is 11.8 Å². The van der Waals surface area contributed by atoms with Gasteiger partial charge in [-0.3, -0.25) is 14.4 Å². The summed E-state index contributed by atoms with van der Waals surface area (Å²) in [5.41, 5.74) is 3.56. The van der Waals surface area contributed by atoms with Crippen LogP contribution in [0.1, 0.15) is 30.0 Å². The molecule has 2 aromatic carbocycles. The zero-order valence-corrected chi connectivity index (χ0v) is 17.3. The van der Waals surface area contributed by atoms with Crippen LogP contribution in [0.15, 0.2) is 54.2 Å². The number of aryl methyl sites for hydroxylation is 2. The Morgan fingerprint density at radius 3 is 2.41 bits per heavy atom. The third-order valence-corrected chi connectivity index (χ3v) is 4.35. The van der Waals surface area contributed by atoms with Gasteiger partial charge in [-0.1, -0.05) is 36.4 Å². The summed E-state index contributed by atoms with van der Waals surface area (Å²) in [5, 5.41) is 5.42. The smallest absolute Gasteiger partial charge is 0.272 e. The van der Waals surface area contributed by atoms with E-state index >= 15 is 0 Å². The molecule has 2 aromatic rings. The number of hydrogen-bond acceptors (Lipinski definition) is 3. The van der Waals surface area contributed by atoms with Gasteiger partial charge in [-0.25, -0.2) is 0 Å². The van der Waals surface area contributed by atoms with Crippen molar-refractivity contribution in [3.63, 3.8) is 0 Å². The van der Waals surface area contributed by atoms with E-state index in [1.165, 1.54) is 6.92 Å². The van der Waals surface area contributed by atoms with Crippen LogP contribution in [-0.2, 0) is 20.8 Å². The van der Waals surface area contributed by atoms with Gasteiger partial charge in [0, 0.05) is 33.1 Å². The lowest BCUT2D eigenvalue weighted by molar-refractivity contribution is -0.128. The molecule has 152 valence electrons. The molecule has 0 aliphatic rings. The molecule has 6 nitrogen and oxygen atoms in total. The number of amides is 3. The molecule has 0 unspecified atom stereocenters. The predicted molar refractivity (Wildman–Crippen MR) is 115 cm³/mol. The summed E-state index contributed by atoms with van der Waals surface area (Å²) in [5.74, 6) is -0.686. The zero-order valence-electron chi connectivity index (χ0n) is 17.3. The second-order valence-corrected chi connectivity index (χ2v) is 7.04. The lowest BCUT2D eigenvalue weighted by atomic mass is 10.1. The minimum Gasteiger partial charge on any atom is -0.349 e. The highest BCUT2D eigenvalue weighted by atomic mass is 16.2. The maximum atomic E-state index is 12.8. The van der Waals surface area contributed by atoms with E-state index in [0.29, 0.717) is 18.5 Å². The number of nitrogens with one attached hydrogen (secondary N) is 2. The molecule has 0 atom stereocenters. The summed E-state index contributed by atoms with van der Waals surface area (Å²) in [6.07, 6.45) is 2.64. The zero-order chi connectivity index (χ0) is 21.4. The van der Waals surface area contributed by atoms with Crippen molar-refractivity contribution in [3.05, 3.63) is 70.9 Å². The summed E-state index contributed by atoms with van der Waals surface area (Å²) in [7, 11) is 3.45. The molecule has 0 radical (unpaired) electrons. The average molecular weight is 393 g/mol. The van der Waals surface area contributed by atoms with E-state index in [-0.39, 0.29) is 17.5 Å². The van der Waals surface area contributed by atoms with Crippen LogP contribution in [0.5, 0.6) is 0 Å². The first kappa shape index (κ1) is 21.9. The number of nitrogens with zero attached hydrogens (tertiary/aromatic N) is 1. The molecule has 0 heterocycles. The van der Waals surface area contributed by atoms with Gasteiger partial charge < -0.3 is 15.5 Å². The first-order chi connectivity index (χ1) is 13.8. The monoisotopic (exact) mass is 393 g/mol. The van der Waals surface area contributed by atoms with Gasteiger partial charge in [0.15, 0.2) is 0 Å². The first-order valence-electron chi connectivity index (χ1n) is 9.41. The molecule has 2 N–H and O–H groups in total. The van der Waals surface area contributed by atoms with Crippen molar-refractivity contribution in [1.29, 1.82) is 0 Å². The molecule has 0 bridgehead atoms. The minimum atomic E-state index is -0.412. The maximum absolute atomic E-state index is 12.8. The summed E-state index contributed by atoms with van der Waals surface area (Å²) < 4.78 is 0. The second kappa shape index (κ2) is 10.2. The Bertz CT molecular complexity index is 932. The average Bonchev–Trinajstić information content (AvgIpc) is 2.67. The molecular formula is C23H27N3O3. The molecule has 2 rings (SSSR count). The lowest BCUT2D eigenvalue weighted by Crippen LogP contribution is -2.29. The molecule has 0 aliphatic carbocycles. The Morgan fingerprint density at radius 1 is 1.03 bits per heavy atom. The molecule has 0 aliphatic heterocycles. The molecule has 0 aromatic heterocycles. The van der Waals surface area contributed by atoms with Crippen molar-refractivity contribution < 1.29 is 14.4 Å². The SMILES string of the molecule is CC(=O)N/C(=C/c1ccccc1C)C(=O)Nc1cccc(CCC(=O)N(C)C)c1. The Balaban J connectivity index is 2.17. The number of rotatable bonds is 7. The van der Waals surface area contributed by atoms with Gasteiger partial charge in [-0.2, -0.15) is 0 Å². The fourth-order valence-electron chi connectivity index (χ4n) is 2.73. The summed E-state index contributed by atoms with van der Waals surface area (Å²) in [6, 6.07) is 15.0. The lowest BCUT2D eigenvalue weighted by Gasteiger charge is -2.12. The van der Waals surface area contributed by atoms with Crippen molar-refractivity contribution in [1.82, 2.24) is 10.2 Å². The highest BCUT2D eigenvalue weighted by molar-refractivity contribution is 6.08. The van der Waals surface area contributed by atoms with Gasteiger partial charge in [-0.05, 0) is 48.2 Å². The molecule has 0 spiro atoms. The van der Waals surface area contributed by atoms with Crippen LogP contribution in [0.4, 0.5) is 5.69 Å². The van der Waals surface area contributed by atoms with Crippen LogP contribution in [-0.4, -0.2) is 36.7 Å². The first-order valence-corrected chi connectivity index (χ1v) is 9.41. The van der Waals surface area contributed by atoms with Crippen molar-refractivity contribution in [3.8, 4) is 0 Å². The number of hydrogen-bond donors (Lipinski definition) is 2. The fraction of sp³-hybridized carbons (Fsp3) is 0.261. The fourth-order valence-corrected chi connectivity index (χ4v) is 2.73. The van der Waals surface area contributed by atoms with Crippen LogP contribution in [0, 0.1) is 6.92 Å². The molecule has 0 saturated heterocycles. The van der Waals surface area contributed by atoms with E-state index in [1.54, 1.807) is 31.1 Å². The maximum Gasteiger partial charge on any atom is 0.272 e.